The summed E-state index contributed by atoms with van der Waals surface area (Å²) in [7, 11) is 0. The van der Waals surface area contributed by atoms with E-state index in [1.807, 2.05) is 18.2 Å². The number of fused-ring (bicyclic) bond motifs is 1. The van der Waals surface area contributed by atoms with E-state index in [4.69, 9.17) is 22.1 Å². The SMILES string of the molecule is NC(=O)Oc1[nH]c2cccnc2c1Sc1ccc(Cl)cc1. The van der Waals surface area contributed by atoms with Gasteiger partial charge in [0.15, 0.2) is 0 Å². The van der Waals surface area contributed by atoms with Crippen molar-refractivity contribution in [3.05, 3.63) is 47.6 Å². The number of primary amides is 1. The zero-order chi connectivity index (χ0) is 14.8. The fraction of sp³-hybridized carbons (Fsp3) is 0. The Morgan fingerprint density at radius 1 is 1.29 bits per heavy atom. The predicted molar refractivity (Wildman–Crippen MR) is 81.9 cm³/mol. The van der Waals surface area contributed by atoms with E-state index in [0.29, 0.717) is 15.4 Å². The summed E-state index contributed by atoms with van der Waals surface area (Å²) < 4.78 is 5.02. The summed E-state index contributed by atoms with van der Waals surface area (Å²) in [6.07, 6.45) is 0.801. The van der Waals surface area contributed by atoms with Crippen molar-refractivity contribution in [1.82, 2.24) is 9.97 Å². The smallest absolute Gasteiger partial charge is 0.392 e. The van der Waals surface area contributed by atoms with Crippen molar-refractivity contribution in [2.45, 2.75) is 9.79 Å². The van der Waals surface area contributed by atoms with Gasteiger partial charge in [0.05, 0.1) is 5.52 Å². The standard InChI is InChI=1S/C14H10ClN3O2S/c15-8-3-5-9(6-4-8)21-12-11-10(2-1-7-17-11)18-13(12)20-14(16)19/h1-7,18H,(H2,16,19). The van der Waals surface area contributed by atoms with Gasteiger partial charge in [0.1, 0.15) is 10.4 Å². The van der Waals surface area contributed by atoms with Crippen molar-refractivity contribution in [3.63, 3.8) is 0 Å². The van der Waals surface area contributed by atoms with Crippen LogP contribution in [0.15, 0.2) is 52.4 Å². The van der Waals surface area contributed by atoms with Crippen molar-refractivity contribution in [1.29, 1.82) is 0 Å². The van der Waals surface area contributed by atoms with E-state index in [-0.39, 0.29) is 5.88 Å². The second-order valence-electron chi connectivity index (χ2n) is 4.16. The maximum absolute atomic E-state index is 11.0. The molecule has 0 saturated carbocycles. The molecule has 3 rings (SSSR count). The molecule has 0 bridgehead atoms. The van der Waals surface area contributed by atoms with Crippen LogP contribution in [0, 0.1) is 0 Å². The quantitative estimate of drug-likeness (QED) is 0.769. The molecule has 0 radical (unpaired) electrons. The number of ether oxygens (including phenoxy) is 1. The van der Waals surface area contributed by atoms with Gasteiger partial charge in [-0.1, -0.05) is 23.4 Å². The van der Waals surface area contributed by atoms with Crippen LogP contribution >= 0.6 is 23.4 Å². The first-order valence-corrected chi connectivity index (χ1v) is 7.20. The van der Waals surface area contributed by atoms with Crippen molar-refractivity contribution >= 4 is 40.5 Å². The molecule has 7 heteroatoms. The Kier molecular flexibility index (Phi) is 3.72. The predicted octanol–water partition coefficient (Wildman–Crippen LogP) is 3.83. The Balaban J connectivity index is 2.05. The second-order valence-corrected chi connectivity index (χ2v) is 5.68. The number of aromatic nitrogens is 2. The molecule has 0 aliphatic rings. The molecular weight excluding hydrogens is 310 g/mol. The number of halogens is 1. The third-order valence-corrected chi connectivity index (χ3v) is 4.06. The molecule has 2 heterocycles. The topological polar surface area (TPSA) is 81.0 Å². The van der Waals surface area contributed by atoms with Gasteiger partial charge in [0.25, 0.3) is 0 Å². The Bertz CT molecular complexity index is 802. The van der Waals surface area contributed by atoms with Crippen molar-refractivity contribution in [3.8, 4) is 5.88 Å². The molecule has 3 aromatic rings. The highest BCUT2D eigenvalue weighted by atomic mass is 35.5. The second kappa shape index (κ2) is 5.67. The van der Waals surface area contributed by atoms with E-state index in [1.165, 1.54) is 11.8 Å². The highest BCUT2D eigenvalue weighted by molar-refractivity contribution is 7.99. The summed E-state index contributed by atoms with van der Waals surface area (Å²) >= 11 is 7.29. The third-order valence-electron chi connectivity index (χ3n) is 2.71. The maximum Gasteiger partial charge on any atom is 0.411 e. The van der Waals surface area contributed by atoms with Crippen LogP contribution in [-0.2, 0) is 0 Å². The number of pyridine rings is 1. The molecule has 0 saturated heterocycles. The summed E-state index contributed by atoms with van der Waals surface area (Å²) in [6.45, 7) is 0. The van der Waals surface area contributed by atoms with E-state index >= 15 is 0 Å². The first-order valence-electron chi connectivity index (χ1n) is 6.01. The minimum atomic E-state index is -0.875. The monoisotopic (exact) mass is 319 g/mol. The van der Waals surface area contributed by atoms with Gasteiger partial charge in [0.2, 0.25) is 5.88 Å². The molecule has 0 fully saturated rings. The molecular formula is C14H10ClN3O2S. The summed E-state index contributed by atoms with van der Waals surface area (Å²) in [4.78, 5) is 20.0. The number of H-pyrrole nitrogens is 1. The Morgan fingerprint density at radius 3 is 2.76 bits per heavy atom. The summed E-state index contributed by atoms with van der Waals surface area (Å²) in [5, 5.41) is 0.657. The maximum atomic E-state index is 11.0. The van der Waals surface area contributed by atoms with Gasteiger partial charge in [-0.05, 0) is 36.4 Å². The largest absolute Gasteiger partial charge is 0.411 e. The molecule has 106 valence electrons. The molecule has 21 heavy (non-hydrogen) atoms. The van der Waals surface area contributed by atoms with Crippen LogP contribution in [0.3, 0.4) is 0 Å². The number of carbonyl (C=O) groups is 1. The molecule has 0 spiro atoms. The van der Waals surface area contributed by atoms with E-state index in [2.05, 4.69) is 9.97 Å². The van der Waals surface area contributed by atoms with Crippen molar-refractivity contribution in [2.24, 2.45) is 5.73 Å². The lowest BCUT2D eigenvalue weighted by Crippen LogP contribution is -2.16. The van der Waals surface area contributed by atoms with Crippen molar-refractivity contribution < 1.29 is 9.53 Å². The minimum Gasteiger partial charge on any atom is -0.392 e. The Morgan fingerprint density at radius 2 is 2.05 bits per heavy atom. The van der Waals surface area contributed by atoms with Gasteiger partial charge >= 0.3 is 6.09 Å². The minimum absolute atomic E-state index is 0.288. The highest BCUT2D eigenvalue weighted by Crippen LogP contribution is 2.39. The normalized spacial score (nSPS) is 10.7. The lowest BCUT2D eigenvalue weighted by molar-refractivity contribution is 0.208. The van der Waals surface area contributed by atoms with Crippen LogP contribution < -0.4 is 10.5 Å². The number of benzene rings is 1. The zero-order valence-corrected chi connectivity index (χ0v) is 12.2. The number of aromatic amines is 1. The molecule has 0 unspecified atom stereocenters. The number of rotatable bonds is 3. The average molecular weight is 320 g/mol. The molecule has 2 aromatic heterocycles. The fourth-order valence-corrected chi connectivity index (χ4v) is 2.94. The van der Waals surface area contributed by atoms with Crippen LogP contribution in [0.25, 0.3) is 11.0 Å². The van der Waals surface area contributed by atoms with Crippen LogP contribution in [0.4, 0.5) is 4.79 Å². The Hall–Kier alpha value is -2.18. The number of nitrogens with two attached hydrogens (primary N) is 1. The fourth-order valence-electron chi connectivity index (χ4n) is 1.86. The van der Waals surface area contributed by atoms with Crippen LogP contribution in [0.5, 0.6) is 5.88 Å². The van der Waals surface area contributed by atoms with Gasteiger partial charge in [-0.3, -0.25) is 4.98 Å². The van der Waals surface area contributed by atoms with E-state index in [9.17, 15) is 4.79 Å². The number of nitrogens with zero attached hydrogens (tertiary/aromatic N) is 1. The van der Waals surface area contributed by atoms with Gasteiger partial charge in [0, 0.05) is 16.1 Å². The highest BCUT2D eigenvalue weighted by Gasteiger charge is 2.17. The first kappa shape index (κ1) is 13.8. The number of hydrogen-bond acceptors (Lipinski definition) is 4. The van der Waals surface area contributed by atoms with Gasteiger partial charge in [-0.2, -0.15) is 0 Å². The summed E-state index contributed by atoms with van der Waals surface area (Å²) in [5.74, 6) is 0.288. The molecule has 3 N–H and O–H groups in total. The molecule has 1 amide bonds. The van der Waals surface area contributed by atoms with Gasteiger partial charge < -0.3 is 15.5 Å². The van der Waals surface area contributed by atoms with Gasteiger partial charge in [-0.25, -0.2) is 4.79 Å². The third kappa shape index (κ3) is 2.96. The molecule has 0 aliphatic carbocycles. The van der Waals surface area contributed by atoms with E-state index < -0.39 is 6.09 Å². The van der Waals surface area contributed by atoms with Crippen LogP contribution in [0.1, 0.15) is 0 Å². The number of hydrogen-bond donors (Lipinski definition) is 2. The van der Waals surface area contributed by atoms with Crippen molar-refractivity contribution in [2.75, 3.05) is 0 Å². The van der Waals surface area contributed by atoms with E-state index in [0.717, 1.165) is 10.4 Å². The van der Waals surface area contributed by atoms with E-state index in [1.54, 1.807) is 24.4 Å². The van der Waals surface area contributed by atoms with Gasteiger partial charge in [-0.15, -0.1) is 0 Å². The summed E-state index contributed by atoms with van der Waals surface area (Å²) in [5.41, 5.74) is 6.59. The lowest BCUT2D eigenvalue weighted by Gasteiger charge is -2.03. The molecule has 1 aromatic carbocycles. The Labute approximate surface area is 129 Å². The lowest BCUT2D eigenvalue weighted by atomic mass is 10.4. The first-order chi connectivity index (χ1) is 10.1. The number of carbonyl (C=O) groups excluding carboxylic acids is 1. The molecule has 0 atom stereocenters. The number of nitrogens with one attached hydrogen (secondary N) is 1. The van der Waals surface area contributed by atoms with Crippen LogP contribution in [0.2, 0.25) is 5.02 Å². The number of amides is 1. The molecule has 5 nitrogen and oxygen atoms in total. The summed E-state index contributed by atoms with van der Waals surface area (Å²) in [6, 6.07) is 11.0. The molecule has 0 aliphatic heterocycles. The average Bonchev–Trinajstić information content (AvgIpc) is 2.78. The van der Waals surface area contributed by atoms with Crippen LogP contribution in [-0.4, -0.2) is 16.1 Å². The zero-order valence-electron chi connectivity index (χ0n) is 10.7.